The quantitative estimate of drug-likeness (QED) is 0.430. The van der Waals surface area contributed by atoms with Gasteiger partial charge in [0.05, 0.1) is 17.2 Å². The van der Waals surface area contributed by atoms with E-state index in [4.69, 9.17) is 4.74 Å². The van der Waals surface area contributed by atoms with Crippen molar-refractivity contribution in [2.24, 2.45) is 4.99 Å². The molecule has 5 nitrogen and oxygen atoms in total. The smallest absolute Gasteiger partial charge is 0.191 e. The molecule has 25 heavy (non-hydrogen) atoms. The molecule has 1 heterocycles. The maximum absolute atomic E-state index is 5.70. The van der Waals surface area contributed by atoms with Crippen LogP contribution in [0, 0.1) is 6.92 Å². The molecule has 2 rings (SSSR count). The lowest BCUT2D eigenvalue weighted by molar-refractivity contribution is 0.322. The Balaban J connectivity index is 1.63. The molecule has 0 aliphatic rings. The van der Waals surface area contributed by atoms with Crippen LogP contribution < -0.4 is 15.4 Å². The van der Waals surface area contributed by atoms with Gasteiger partial charge in [-0.2, -0.15) is 0 Å². The van der Waals surface area contributed by atoms with Gasteiger partial charge < -0.3 is 15.4 Å². The van der Waals surface area contributed by atoms with E-state index in [1.165, 1.54) is 10.6 Å². The summed E-state index contributed by atoms with van der Waals surface area (Å²) in [6.07, 6.45) is 0.893. The van der Waals surface area contributed by atoms with Gasteiger partial charge in [-0.25, -0.2) is 4.98 Å². The molecule has 0 aliphatic heterocycles. The molecule has 2 aromatic rings. The second-order valence-corrected chi connectivity index (χ2v) is 7.06. The number of hydrogen-bond acceptors (Lipinski definition) is 4. The third kappa shape index (κ3) is 6.74. The van der Waals surface area contributed by atoms with Gasteiger partial charge in [-0.1, -0.05) is 31.5 Å². The van der Waals surface area contributed by atoms with Crippen molar-refractivity contribution in [3.05, 3.63) is 45.9 Å². The highest BCUT2D eigenvalue weighted by Crippen LogP contribution is 2.19. The molecule has 0 unspecified atom stereocenters. The van der Waals surface area contributed by atoms with E-state index in [0.717, 1.165) is 30.4 Å². The predicted molar refractivity (Wildman–Crippen MR) is 106 cm³/mol. The SMILES string of the molecule is CN=C(NCCOc1ccc(C)cc1)NCCc1csc(C(C)C)n1. The molecule has 0 atom stereocenters. The first-order chi connectivity index (χ1) is 12.1. The van der Waals surface area contributed by atoms with E-state index in [1.54, 1.807) is 18.4 Å². The number of aliphatic imine (C=N–C) groups is 1. The Morgan fingerprint density at radius 1 is 1.20 bits per heavy atom. The summed E-state index contributed by atoms with van der Waals surface area (Å²) in [6, 6.07) is 8.07. The van der Waals surface area contributed by atoms with Crippen molar-refractivity contribution in [1.82, 2.24) is 15.6 Å². The van der Waals surface area contributed by atoms with Crippen molar-refractivity contribution in [3.63, 3.8) is 0 Å². The van der Waals surface area contributed by atoms with E-state index in [1.807, 2.05) is 24.3 Å². The molecule has 1 aromatic carbocycles. The number of rotatable bonds is 8. The number of hydrogen-bond donors (Lipinski definition) is 2. The molecule has 1 aromatic heterocycles. The maximum Gasteiger partial charge on any atom is 0.191 e. The van der Waals surface area contributed by atoms with Gasteiger partial charge in [-0.15, -0.1) is 11.3 Å². The third-order valence-electron chi connectivity index (χ3n) is 3.64. The number of aryl methyl sites for hydroxylation is 1. The molecule has 0 radical (unpaired) electrons. The van der Waals surface area contributed by atoms with Crippen LogP contribution in [0.4, 0.5) is 0 Å². The van der Waals surface area contributed by atoms with E-state index in [0.29, 0.717) is 19.1 Å². The summed E-state index contributed by atoms with van der Waals surface area (Å²) in [4.78, 5) is 8.88. The molecule has 0 spiro atoms. The molecule has 0 fully saturated rings. The zero-order valence-electron chi connectivity index (χ0n) is 15.5. The Morgan fingerprint density at radius 2 is 1.92 bits per heavy atom. The number of benzene rings is 1. The van der Waals surface area contributed by atoms with Crippen LogP contribution in [0.25, 0.3) is 0 Å². The summed E-state index contributed by atoms with van der Waals surface area (Å²) in [7, 11) is 1.77. The summed E-state index contributed by atoms with van der Waals surface area (Å²) < 4.78 is 5.70. The molecule has 0 aliphatic carbocycles. The Hall–Kier alpha value is -2.08. The van der Waals surface area contributed by atoms with Crippen molar-refractivity contribution in [3.8, 4) is 5.75 Å². The number of nitrogens with one attached hydrogen (secondary N) is 2. The van der Waals surface area contributed by atoms with Gasteiger partial charge in [0.2, 0.25) is 0 Å². The second-order valence-electron chi connectivity index (χ2n) is 6.17. The fraction of sp³-hybridized carbons (Fsp3) is 0.474. The highest BCUT2D eigenvalue weighted by atomic mass is 32.1. The standard InChI is InChI=1S/C19H28N4OS/c1-14(2)18-23-16(13-25-18)9-10-21-19(20-4)22-11-12-24-17-7-5-15(3)6-8-17/h5-8,13-14H,9-12H2,1-4H3,(H2,20,21,22). The van der Waals surface area contributed by atoms with Gasteiger partial charge in [0.1, 0.15) is 12.4 Å². The van der Waals surface area contributed by atoms with Gasteiger partial charge in [0.25, 0.3) is 0 Å². The molecule has 0 amide bonds. The van der Waals surface area contributed by atoms with Gasteiger partial charge >= 0.3 is 0 Å². The average Bonchev–Trinajstić information content (AvgIpc) is 3.08. The van der Waals surface area contributed by atoms with Gasteiger partial charge in [0, 0.05) is 31.3 Å². The van der Waals surface area contributed by atoms with Gasteiger partial charge in [-0.3, -0.25) is 4.99 Å². The van der Waals surface area contributed by atoms with Crippen molar-refractivity contribution in [1.29, 1.82) is 0 Å². The van der Waals surface area contributed by atoms with Crippen LogP contribution in [0.5, 0.6) is 5.75 Å². The van der Waals surface area contributed by atoms with E-state index >= 15 is 0 Å². The highest BCUT2D eigenvalue weighted by Gasteiger charge is 2.06. The van der Waals surface area contributed by atoms with Crippen LogP contribution in [0.2, 0.25) is 0 Å². The normalized spacial score (nSPS) is 11.6. The van der Waals surface area contributed by atoms with Crippen LogP contribution in [0.1, 0.15) is 36.0 Å². The van der Waals surface area contributed by atoms with Crippen LogP contribution in [0.15, 0.2) is 34.6 Å². The van der Waals surface area contributed by atoms with Crippen LogP contribution in [0.3, 0.4) is 0 Å². The minimum absolute atomic E-state index is 0.495. The van der Waals surface area contributed by atoms with Crippen LogP contribution in [-0.4, -0.2) is 37.7 Å². The summed E-state index contributed by atoms with van der Waals surface area (Å²) in [5, 5.41) is 9.91. The van der Waals surface area contributed by atoms with Crippen molar-refractivity contribution in [2.45, 2.75) is 33.1 Å². The minimum Gasteiger partial charge on any atom is -0.492 e. The third-order valence-corrected chi connectivity index (χ3v) is 4.84. The summed E-state index contributed by atoms with van der Waals surface area (Å²) in [5.41, 5.74) is 2.37. The number of nitrogens with zero attached hydrogens (tertiary/aromatic N) is 2. The Kier molecular flexibility index (Phi) is 7.73. The summed E-state index contributed by atoms with van der Waals surface area (Å²) in [6.45, 7) is 8.50. The van der Waals surface area contributed by atoms with Crippen LogP contribution >= 0.6 is 11.3 Å². The zero-order chi connectivity index (χ0) is 18.1. The number of ether oxygens (including phenoxy) is 1. The molecule has 0 saturated carbocycles. The van der Waals surface area contributed by atoms with E-state index in [2.05, 4.69) is 46.8 Å². The molecule has 6 heteroatoms. The Morgan fingerprint density at radius 3 is 2.56 bits per heavy atom. The lowest BCUT2D eigenvalue weighted by Crippen LogP contribution is -2.40. The van der Waals surface area contributed by atoms with Crippen molar-refractivity contribution < 1.29 is 4.74 Å². The molecule has 2 N–H and O–H groups in total. The number of thiazole rings is 1. The summed E-state index contributed by atoms with van der Waals surface area (Å²) in [5.74, 6) is 2.17. The fourth-order valence-electron chi connectivity index (χ4n) is 2.21. The van der Waals surface area contributed by atoms with E-state index in [-0.39, 0.29) is 0 Å². The largest absolute Gasteiger partial charge is 0.492 e. The van der Waals surface area contributed by atoms with E-state index in [9.17, 15) is 0 Å². The second kappa shape index (κ2) is 10.0. The predicted octanol–water partition coefficient (Wildman–Crippen LogP) is 3.36. The van der Waals surface area contributed by atoms with Gasteiger partial charge in [-0.05, 0) is 19.1 Å². The van der Waals surface area contributed by atoms with Crippen molar-refractivity contribution in [2.75, 3.05) is 26.7 Å². The molecule has 0 bridgehead atoms. The fourth-order valence-corrected chi connectivity index (χ4v) is 3.07. The Bertz CT molecular complexity index is 664. The first-order valence-corrected chi connectivity index (χ1v) is 9.54. The molecule has 136 valence electrons. The molecule has 0 saturated heterocycles. The topological polar surface area (TPSA) is 58.5 Å². The first kappa shape index (κ1) is 19.2. The minimum atomic E-state index is 0.495. The number of guanidine groups is 1. The maximum atomic E-state index is 5.70. The van der Waals surface area contributed by atoms with E-state index < -0.39 is 0 Å². The Labute approximate surface area is 154 Å². The molecular weight excluding hydrogens is 332 g/mol. The van der Waals surface area contributed by atoms with Crippen molar-refractivity contribution >= 4 is 17.3 Å². The summed E-state index contributed by atoms with van der Waals surface area (Å²) >= 11 is 1.74. The first-order valence-electron chi connectivity index (χ1n) is 8.66. The van der Waals surface area contributed by atoms with Gasteiger partial charge in [0.15, 0.2) is 5.96 Å². The monoisotopic (exact) mass is 360 g/mol. The lowest BCUT2D eigenvalue weighted by Gasteiger charge is -2.12. The number of aromatic nitrogens is 1. The lowest BCUT2D eigenvalue weighted by atomic mass is 10.2. The highest BCUT2D eigenvalue weighted by molar-refractivity contribution is 7.09. The molecular formula is C19H28N4OS. The average molecular weight is 361 g/mol. The van der Waals surface area contributed by atoms with Crippen LogP contribution in [-0.2, 0) is 6.42 Å². The zero-order valence-corrected chi connectivity index (χ0v) is 16.3.